The molecule has 1 aliphatic carbocycles. The van der Waals surface area contributed by atoms with Crippen LogP contribution in [0.2, 0.25) is 0 Å². The summed E-state index contributed by atoms with van der Waals surface area (Å²) in [5, 5.41) is 5.76. The molecule has 4 nitrogen and oxygen atoms in total. The largest absolute Gasteiger partial charge is 0.325 e. The van der Waals surface area contributed by atoms with E-state index in [4.69, 9.17) is 0 Å². The summed E-state index contributed by atoms with van der Waals surface area (Å²) in [5.74, 6) is -0.226. The Morgan fingerprint density at radius 3 is 2.69 bits per heavy atom. The van der Waals surface area contributed by atoms with Gasteiger partial charge in [-0.15, -0.1) is 11.3 Å². The SMILES string of the molecule is Cc1ccccc1NC(=O)Cc1nc(CN(Cc2ccccc2F)C2CC2)cs1. The Morgan fingerprint density at radius 1 is 1.17 bits per heavy atom. The molecule has 0 radical (unpaired) electrons. The first-order valence-corrected chi connectivity index (χ1v) is 10.7. The number of rotatable bonds is 8. The summed E-state index contributed by atoms with van der Waals surface area (Å²) >= 11 is 1.50. The Labute approximate surface area is 174 Å². The van der Waals surface area contributed by atoms with Crippen LogP contribution in [0.25, 0.3) is 0 Å². The van der Waals surface area contributed by atoms with Gasteiger partial charge in [0.25, 0.3) is 0 Å². The van der Waals surface area contributed by atoms with Crippen molar-refractivity contribution in [2.45, 2.75) is 45.3 Å². The molecule has 0 unspecified atom stereocenters. The standard InChI is InChI=1S/C23H24FN3OS/c1-16-6-2-5-9-21(16)26-22(28)12-23-25-18(15-29-23)14-27(19-10-11-19)13-17-7-3-4-8-20(17)24/h2-9,15,19H,10-14H2,1H3,(H,26,28). The lowest BCUT2D eigenvalue weighted by Crippen LogP contribution is -2.25. The van der Waals surface area contributed by atoms with Gasteiger partial charge in [0.15, 0.2) is 0 Å². The maximum atomic E-state index is 14.0. The highest BCUT2D eigenvalue weighted by atomic mass is 32.1. The minimum Gasteiger partial charge on any atom is -0.325 e. The first-order valence-electron chi connectivity index (χ1n) is 9.84. The molecule has 1 fully saturated rings. The lowest BCUT2D eigenvalue weighted by atomic mass is 10.2. The molecule has 150 valence electrons. The minimum absolute atomic E-state index is 0.0643. The zero-order valence-electron chi connectivity index (χ0n) is 16.4. The number of hydrogen-bond acceptors (Lipinski definition) is 4. The molecular weight excluding hydrogens is 385 g/mol. The van der Waals surface area contributed by atoms with Crippen molar-refractivity contribution in [2.24, 2.45) is 0 Å². The third-order valence-electron chi connectivity index (χ3n) is 5.09. The highest BCUT2D eigenvalue weighted by molar-refractivity contribution is 7.09. The van der Waals surface area contributed by atoms with E-state index < -0.39 is 0 Å². The Bertz CT molecular complexity index is 999. The summed E-state index contributed by atoms with van der Waals surface area (Å²) in [4.78, 5) is 19.3. The van der Waals surface area contributed by atoms with Gasteiger partial charge in [-0.25, -0.2) is 9.37 Å². The van der Waals surface area contributed by atoms with E-state index in [1.54, 1.807) is 6.07 Å². The van der Waals surface area contributed by atoms with Crippen LogP contribution in [-0.4, -0.2) is 21.8 Å². The van der Waals surface area contributed by atoms with Crippen LogP contribution in [0.3, 0.4) is 0 Å². The van der Waals surface area contributed by atoms with Gasteiger partial charge in [-0.1, -0.05) is 36.4 Å². The van der Waals surface area contributed by atoms with Crippen molar-refractivity contribution in [3.63, 3.8) is 0 Å². The van der Waals surface area contributed by atoms with Gasteiger partial charge in [0.2, 0.25) is 5.91 Å². The molecule has 0 saturated heterocycles. The molecule has 3 aromatic rings. The average molecular weight is 410 g/mol. The van der Waals surface area contributed by atoms with Crippen molar-refractivity contribution in [3.05, 3.63) is 81.6 Å². The average Bonchev–Trinajstić information content (AvgIpc) is 3.46. The summed E-state index contributed by atoms with van der Waals surface area (Å²) in [6.45, 7) is 3.23. The molecule has 0 bridgehead atoms. The molecule has 4 rings (SSSR count). The topological polar surface area (TPSA) is 45.2 Å². The van der Waals surface area contributed by atoms with Crippen LogP contribution in [-0.2, 0) is 24.3 Å². The number of aromatic nitrogens is 1. The van der Waals surface area contributed by atoms with Crippen molar-refractivity contribution < 1.29 is 9.18 Å². The number of carbonyl (C=O) groups is 1. The number of amides is 1. The maximum absolute atomic E-state index is 14.0. The van der Waals surface area contributed by atoms with Gasteiger partial charge in [0, 0.05) is 35.8 Å². The van der Waals surface area contributed by atoms with Crippen LogP contribution in [0.5, 0.6) is 0 Å². The molecule has 0 atom stereocenters. The molecule has 2 aromatic carbocycles. The van der Waals surface area contributed by atoms with Gasteiger partial charge in [0.1, 0.15) is 10.8 Å². The van der Waals surface area contributed by atoms with E-state index in [-0.39, 0.29) is 18.1 Å². The molecule has 1 amide bonds. The van der Waals surface area contributed by atoms with Crippen molar-refractivity contribution in [1.29, 1.82) is 0 Å². The minimum atomic E-state index is -0.162. The van der Waals surface area contributed by atoms with Crippen LogP contribution in [0, 0.1) is 12.7 Å². The van der Waals surface area contributed by atoms with E-state index in [1.165, 1.54) is 17.4 Å². The van der Waals surface area contributed by atoms with E-state index >= 15 is 0 Å². The fraction of sp³-hybridized carbons (Fsp3) is 0.304. The highest BCUT2D eigenvalue weighted by Gasteiger charge is 2.30. The third-order valence-corrected chi connectivity index (χ3v) is 5.99. The molecule has 1 aromatic heterocycles. The molecular formula is C23H24FN3OS. The first-order chi connectivity index (χ1) is 14.1. The van der Waals surface area contributed by atoms with E-state index in [1.807, 2.05) is 48.7 Å². The van der Waals surface area contributed by atoms with E-state index in [0.717, 1.165) is 34.8 Å². The third kappa shape index (κ3) is 5.28. The van der Waals surface area contributed by atoms with Gasteiger partial charge in [0.05, 0.1) is 12.1 Å². The first kappa shape index (κ1) is 19.7. The Kier molecular flexibility index (Phi) is 6.02. The van der Waals surface area contributed by atoms with Gasteiger partial charge >= 0.3 is 0 Å². The normalized spacial score (nSPS) is 13.6. The Balaban J connectivity index is 1.37. The van der Waals surface area contributed by atoms with Gasteiger partial charge in [-0.3, -0.25) is 9.69 Å². The number of aryl methyl sites for hydroxylation is 1. The van der Waals surface area contributed by atoms with Crippen molar-refractivity contribution in [1.82, 2.24) is 9.88 Å². The lowest BCUT2D eigenvalue weighted by Gasteiger charge is -2.21. The molecule has 29 heavy (non-hydrogen) atoms. The van der Waals surface area contributed by atoms with Crippen LogP contribution >= 0.6 is 11.3 Å². The number of hydrogen-bond donors (Lipinski definition) is 1. The van der Waals surface area contributed by atoms with Crippen LogP contribution < -0.4 is 5.32 Å². The number of nitrogens with zero attached hydrogens (tertiary/aromatic N) is 2. The van der Waals surface area contributed by atoms with E-state index in [0.29, 0.717) is 24.7 Å². The van der Waals surface area contributed by atoms with Crippen molar-refractivity contribution in [3.8, 4) is 0 Å². The predicted molar refractivity (Wildman–Crippen MR) is 114 cm³/mol. The van der Waals surface area contributed by atoms with Gasteiger partial charge in [-0.2, -0.15) is 0 Å². The van der Waals surface area contributed by atoms with E-state index in [9.17, 15) is 9.18 Å². The molecule has 1 heterocycles. The zero-order valence-corrected chi connectivity index (χ0v) is 17.2. The number of thiazole rings is 1. The molecule has 1 N–H and O–H groups in total. The number of benzene rings is 2. The fourth-order valence-corrected chi connectivity index (χ4v) is 4.14. The maximum Gasteiger partial charge on any atom is 0.231 e. The highest BCUT2D eigenvalue weighted by Crippen LogP contribution is 2.30. The Morgan fingerprint density at radius 2 is 1.93 bits per heavy atom. The summed E-state index contributed by atoms with van der Waals surface area (Å²) in [6, 6.07) is 15.2. The summed E-state index contributed by atoms with van der Waals surface area (Å²) in [5.41, 5.74) is 3.53. The summed E-state index contributed by atoms with van der Waals surface area (Å²) < 4.78 is 14.0. The smallest absolute Gasteiger partial charge is 0.231 e. The molecule has 1 aliphatic rings. The van der Waals surface area contributed by atoms with Crippen LogP contribution in [0.15, 0.2) is 53.9 Å². The van der Waals surface area contributed by atoms with Crippen molar-refractivity contribution in [2.75, 3.05) is 5.32 Å². The number of carbonyl (C=O) groups excluding carboxylic acids is 1. The van der Waals surface area contributed by atoms with Crippen LogP contribution in [0.4, 0.5) is 10.1 Å². The van der Waals surface area contributed by atoms with Gasteiger partial charge in [-0.05, 0) is 37.5 Å². The second kappa shape index (κ2) is 8.84. The fourth-order valence-electron chi connectivity index (χ4n) is 3.35. The number of nitrogens with one attached hydrogen (secondary N) is 1. The Hall–Kier alpha value is -2.57. The second-order valence-corrected chi connectivity index (χ2v) is 8.44. The quantitative estimate of drug-likeness (QED) is 0.573. The monoisotopic (exact) mass is 409 g/mol. The molecule has 1 saturated carbocycles. The number of halogens is 1. The van der Waals surface area contributed by atoms with E-state index in [2.05, 4.69) is 15.2 Å². The second-order valence-electron chi connectivity index (χ2n) is 7.50. The zero-order chi connectivity index (χ0) is 20.2. The van der Waals surface area contributed by atoms with Gasteiger partial charge < -0.3 is 5.32 Å². The number of para-hydroxylation sites is 1. The van der Waals surface area contributed by atoms with Crippen molar-refractivity contribution >= 4 is 22.9 Å². The summed E-state index contributed by atoms with van der Waals surface area (Å²) in [6.07, 6.45) is 2.55. The summed E-state index contributed by atoms with van der Waals surface area (Å²) in [7, 11) is 0. The molecule has 0 spiro atoms. The molecule has 0 aliphatic heterocycles. The van der Waals surface area contributed by atoms with Crippen LogP contribution in [0.1, 0.15) is 34.7 Å². The predicted octanol–water partition coefficient (Wildman–Crippen LogP) is 4.94. The molecule has 6 heteroatoms. The lowest BCUT2D eigenvalue weighted by molar-refractivity contribution is -0.115. The number of anilines is 1.